The molecule has 3 aliphatic rings. The number of urea groups is 1. The summed E-state index contributed by atoms with van der Waals surface area (Å²) in [7, 11) is 0. The smallest absolute Gasteiger partial charge is 0.325 e. The van der Waals surface area contributed by atoms with Crippen molar-refractivity contribution in [1.82, 2.24) is 10.2 Å². The zero-order valence-corrected chi connectivity index (χ0v) is 17.0. The summed E-state index contributed by atoms with van der Waals surface area (Å²) in [6, 6.07) is 6.49. The molecule has 2 N–H and O–H groups in total. The minimum Gasteiger partial charge on any atom is -0.490 e. The predicted molar refractivity (Wildman–Crippen MR) is 110 cm³/mol. The number of amides is 4. The summed E-state index contributed by atoms with van der Waals surface area (Å²) in [4.78, 5) is 40.5. The Hall–Kier alpha value is -3.07. The molecule has 30 heavy (non-hydrogen) atoms. The fourth-order valence-corrected chi connectivity index (χ4v) is 5.27. The third-order valence-corrected chi connectivity index (χ3v) is 6.65. The Morgan fingerprint density at radius 3 is 2.87 bits per heavy atom. The van der Waals surface area contributed by atoms with Crippen LogP contribution in [0.25, 0.3) is 0 Å². The van der Waals surface area contributed by atoms with Crippen LogP contribution in [0, 0.1) is 0 Å². The van der Waals surface area contributed by atoms with E-state index in [1.54, 1.807) is 29.5 Å². The van der Waals surface area contributed by atoms with Crippen molar-refractivity contribution in [3.63, 3.8) is 0 Å². The van der Waals surface area contributed by atoms with Crippen molar-refractivity contribution in [2.45, 2.75) is 31.2 Å². The highest BCUT2D eigenvalue weighted by molar-refractivity contribution is 7.10. The molecule has 156 valence electrons. The fourth-order valence-electron chi connectivity index (χ4n) is 4.27. The van der Waals surface area contributed by atoms with Gasteiger partial charge in [-0.05, 0) is 42.8 Å². The number of imide groups is 1. The molecule has 0 saturated carbocycles. The van der Waals surface area contributed by atoms with Gasteiger partial charge in [0, 0.05) is 28.6 Å². The van der Waals surface area contributed by atoms with E-state index in [1.807, 2.05) is 11.4 Å². The topological polar surface area (TPSA) is 97.0 Å². The van der Waals surface area contributed by atoms with E-state index in [9.17, 15) is 14.4 Å². The molecule has 1 fully saturated rings. The van der Waals surface area contributed by atoms with E-state index >= 15 is 0 Å². The Morgan fingerprint density at radius 2 is 2.00 bits per heavy atom. The summed E-state index contributed by atoms with van der Waals surface area (Å²) in [5, 5.41) is 7.54. The number of anilines is 1. The van der Waals surface area contributed by atoms with E-state index in [2.05, 4.69) is 10.6 Å². The second-order valence-corrected chi connectivity index (χ2v) is 8.60. The highest BCUT2D eigenvalue weighted by Gasteiger charge is 2.54. The molecular weight excluding hydrogens is 406 g/mol. The van der Waals surface area contributed by atoms with E-state index < -0.39 is 17.5 Å². The summed E-state index contributed by atoms with van der Waals surface area (Å²) in [6.45, 7) is 0.776. The Bertz CT molecular complexity index is 1040. The van der Waals surface area contributed by atoms with Crippen molar-refractivity contribution in [1.29, 1.82) is 0 Å². The standard InChI is InChI=1S/C21H21N3O5S/c25-18(22-13-4-5-15-16(11-13)29-9-2-8-28-15)12-24-19(26)21(23-20(24)27)7-1-3-17-14(21)6-10-30-17/h4-6,10-11H,1-3,7-9,12H2,(H,22,25)(H,23,27)/t21-/m1/s1. The molecule has 1 aromatic heterocycles. The van der Waals surface area contributed by atoms with Crippen LogP contribution in [0.3, 0.4) is 0 Å². The molecule has 1 spiro atoms. The summed E-state index contributed by atoms with van der Waals surface area (Å²) < 4.78 is 11.2. The molecule has 0 bridgehead atoms. The summed E-state index contributed by atoms with van der Waals surface area (Å²) in [6.07, 6.45) is 3.05. The first-order valence-electron chi connectivity index (χ1n) is 9.97. The first-order chi connectivity index (χ1) is 14.6. The molecule has 1 atom stereocenters. The van der Waals surface area contributed by atoms with Crippen molar-refractivity contribution < 1.29 is 23.9 Å². The number of aryl methyl sites for hydroxylation is 1. The maximum absolute atomic E-state index is 13.2. The zero-order valence-electron chi connectivity index (χ0n) is 16.2. The van der Waals surface area contributed by atoms with Gasteiger partial charge in [0.1, 0.15) is 12.1 Å². The maximum atomic E-state index is 13.2. The third kappa shape index (κ3) is 3.09. The monoisotopic (exact) mass is 427 g/mol. The molecular formula is C21H21N3O5S. The lowest BCUT2D eigenvalue weighted by Crippen LogP contribution is -2.46. The van der Waals surface area contributed by atoms with E-state index in [0.29, 0.717) is 36.8 Å². The number of carbonyl (C=O) groups excluding carboxylic acids is 3. The Balaban J connectivity index is 1.31. The zero-order chi connectivity index (χ0) is 20.7. The number of nitrogens with one attached hydrogen (secondary N) is 2. The van der Waals surface area contributed by atoms with Gasteiger partial charge in [0.2, 0.25) is 5.91 Å². The van der Waals surface area contributed by atoms with E-state index in [0.717, 1.165) is 34.6 Å². The number of rotatable bonds is 3. The lowest BCUT2D eigenvalue weighted by atomic mass is 9.80. The van der Waals surface area contributed by atoms with Crippen LogP contribution >= 0.6 is 11.3 Å². The molecule has 9 heteroatoms. The van der Waals surface area contributed by atoms with E-state index in [1.165, 1.54) is 0 Å². The predicted octanol–water partition coefficient (Wildman–Crippen LogP) is 2.63. The van der Waals surface area contributed by atoms with Crippen LogP contribution in [0.5, 0.6) is 11.5 Å². The second kappa shape index (κ2) is 7.32. The van der Waals surface area contributed by atoms with E-state index in [4.69, 9.17) is 9.47 Å². The molecule has 1 aromatic carbocycles. The van der Waals surface area contributed by atoms with Gasteiger partial charge in [0.05, 0.1) is 13.2 Å². The average molecular weight is 427 g/mol. The second-order valence-electron chi connectivity index (χ2n) is 7.60. The molecule has 2 aliphatic heterocycles. The minimum absolute atomic E-state index is 0.347. The van der Waals surface area contributed by atoms with Gasteiger partial charge in [-0.3, -0.25) is 14.5 Å². The Kier molecular flexibility index (Phi) is 4.62. The third-order valence-electron chi connectivity index (χ3n) is 5.67. The normalized spacial score (nSPS) is 22.5. The molecule has 3 heterocycles. The highest BCUT2D eigenvalue weighted by Crippen LogP contribution is 2.42. The average Bonchev–Trinajstić information content (AvgIpc) is 3.20. The van der Waals surface area contributed by atoms with Crippen molar-refractivity contribution in [3.05, 3.63) is 40.1 Å². The maximum Gasteiger partial charge on any atom is 0.325 e. The number of ether oxygens (including phenoxy) is 2. The van der Waals surface area contributed by atoms with Crippen LogP contribution in [0.1, 0.15) is 29.7 Å². The van der Waals surface area contributed by atoms with Gasteiger partial charge < -0.3 is 20.1 Å². The molecule has 2 aromatic rings. The summed E-state index contributed by atoms with van der Waals surface area (Å²) in [5.41, 5.74) is 0.340. The molecule has 5 rings (SSSR count). The number of hydrogen-bond acceptors (Lipinski definition) is 6. The Morgan fingerprint density at radius 1 is 1.17 bits per heavy atom. The van der Waals surface area contributed by atoms with Crippen LogP contribution in [-0.2, 0) is 21.5 Å². The molecule has 0 unspecified atom stereocenters. The van der Waals surface area contributed by atoms with Crippen molar-refractivity contribution >= 4 is 34.9 Å². The van der Waals surface area contributed by atoms with Crippen molar-refractivity contribution in [2.24, 2.45) is 0 Å². The summed E-state index contributed by atoms with van der Waals surface area (Å²) in [5.74, 6) is 0.379. The lowest BCUT2D eigenvalue weighted by molar-refractivity contribution is -0.134. The van der Waals surface area contributed by atoms with Crippen LogP contribution in [0.15, 0.2) is 29.6 Å². The number of benzene rings is 1. The van der Waals surface area contributed by atoms with Gasteiger partial charge in [-0.1, -0.05) is 0 Å². The van der Waals surface area contributed by atoms with Gasteiger partial charge >= 0.3 is 6.03 Å². The number of carbonyl (C=O) groups is 3. The number of hydrogen-bond donors (Lipinski definition) is 2. The first kappa shape index (κ1) is 18.9. The SMILES string of the molecule is O=C(CN1C(=O)N[C@@]2(CCCc3sccc32)C1=O)Nc1ccc2c(c1)OCCCO2. The number of fused-ring (bicyclic) bond motifs is 3. The number of nitrogens with zero attached hydrogens (tertiary/aromatic N) is 1. The van der Waals surface area contributed by atoms with Gasteiger partial charge in [-0.15, -0.1) is 11.3 Å². The molecule has 1 aliphatic carbocycles. The van der Waals surface area contributed by atoms with Gasteiger partial charge in [0.15, 0.2) is 11.5 Å². The molecule has 4 amide bonds. The Labute approximate surface area is 177 Å². The van der Waals surface area contributed by atoms with Gasteiger partial charge in [-0.2, -0.15) is 0 Å². The first-order valence-corrected chi connectivity index (χ1v) is 10.9. The van der Waals surface area contributed by atoms with Crippen molar-refractivity contribution in [2.75, 3.05) is 25.1 Å². The van der Waals surface area contributed by atoms with Crippen molar-refractivity contribution in [3.8, 4) is 11.5 Å². The molecule has 1 saturated heterocycles. The largest absolute Gasteiger partial charge is 0.490 e. The fraction of sp³-hybridized carbons (Fsp3) is 0.381. The van der Waals surface area contributed by atoms with E-state index in [-0.39, 0.29) is 12.5 Å². The summed E-state index contributed by atoms with van der Waals surface area (Å²) >= 11 is 1.60. The highest BCUT2D eigenvalue weighted by atomic mass is 32.1. The van der Waals surface area contributed by atoms with Crippen LogP contribution in [0.4, 0.5) is 10.5 Å². The minimum atomic E-state index is -1.04. The van der Waals surface area contributed by atoms with Gasteiger partial charge in [-0.25, -0.2) is 4.79 Å². The van der Waals surface area contributed by atoms with Crippen LogP contribution < -0.4 is 20.1 Å². The number of thiophene rings is 1. The van der Waals surface area contributed by atoms with Crippen LogP contribution in [0.2, 0.25) is 0 Å². The molecule has 8 nitrogen and oxygen atoms in total. The lowest BCUT2D eigenvalue weighted by Gasteiger charge is -2.31. The quantitative estimate of drug-likeness (QED) is 0.734. The van der Waals surface area contributed by atoms with Gasteiger partial charge in [0.25, 0.3) is 5.91 Å². The van der Waals surface area contributed by atoms with Crippen LogP contribution in [-0.4, -0.2) is 42.5 Å². The molecule has 0 radical (unpaired) electrons.